The molecule has 0 bridgehead atoms. The number of nitrogens with zero attached hydrogens (tertiary/aromatic N) is 1. The fourth-order valence-corrected chi connectivity index (χ4v) is 3.59. The first kappa shape index (κ1) is 17.3. The van der Waals surface area contributed by atoms with Gasteiger partial charge in [0.1, 0.15) is 16.5 Å². The van der Waals surface area contributed by atoms with Crippen molar-refractivity contribution in [1.29, 1.82) is 0 Å². The van der Waals surface area contributed by atoms with Gasteiger partial charge in [-0.25, -0.2) is 12.8 Å². The highest BCUT2D eigenvalue weighted by Gasteiger charge is 2.29. The van der Waals surface area contributed by atoms with Gasteiger partial charge in [-0.2, -0.15) is 4.31 Å². The third-order valence-electron chi connectivity index (χ3n) is 3.32. The van der Waals surface area contributed by atoms with Crippen molar-refractivity contribution in [2.75, 3.05) is 20.8 Å². The van der Waals surface area contributed by atoms with Gasteiger partial charge in [-0.1, -0.05) is 6.92 Å². The molecule has 126 valence electrons. The molecule has 8 heteroatoms. The zero-order valence-corrected chi connectivity index (χ0v) is 13.9. The number of rotatable bonds is 7. The highest BCUT2D eigenvalue weighted by atomic mass is 32.2. The van der Waals surface area contributed by atoms with Gasteiger partial charge in [0.2, 0.25) is 10.0 Å². The maximum atomic E-state index is 14.3. The van der Waals surface area contributed by atoms with E-state index in [1.54, 1.807) is 19.1 Å². The standard InChI is InChI=1S/C15H18FNO5S/c1-4-17(10-11-6-5-7-22-11)23(18,19)15-9-14(21-3)13(20-2)8-12(15)16/h5-9H,4,10H2,1-3H3. The lowest BCUT2D eigenvalue weighted by Gasteiger charge is -2.20. The molecular formula is C15H18FNO5S. The van der Waals surface area contributed by atoms with Crippen molar-refractivity contribution in [2.45, 2.75) is 18.4 Å². The Balaban J connectivity index is 2.45. The van der Waals surface area contributed by atoms with Gasteiger partial charge in [0.15, 0.2) is 11.5 Å². The molecule has 0 unspecified atom stereocenters. The van der Waals surface area contributed by atoms with Crippen LogP contribution in [0.5, 0.6) is 11.5 Å². The van der Waals surface area contributed by atoms with Crippen molar-refractivity contribution >= 4 is 10.0 Å². The zero-order chi connectivity index (χ0) is 17.0. The van der Waals surface area contributed by atoms with Crippen LogP contribution in [-0.2, 0) is 16.6 Å². The molecule has 0 saturated carbocycles. The lowest BCUT2D eigenvalue weighted by molar-refractivity contribution is 0.348. The molecule has 1 heterocycles. The maximum absolute atomic E-state index is 14.3. The molecule has 0 aliphatic carbocycles. The quantitative estimate of drug-likeness (QED) is 0.773. The molecule has 0 N–H and O–H groups in total. The first-order valence-corrected chi connectivity index (χ1v) is 8.32. The van der Waals surface area contributed by atoms with Crippen molar-refractivity contribution < 1.29 is 26.7 Å². The summed E-state index contributed by atoms with van der Waals surface area (Å²) in [6.07, 6.45) is 1.45. The van der Waals surface area contributed by atoms with E-state index in [0.717, 1.165) is 16.4 Å². The van der Waals surface area contributed by atoms with Crippen LogP contribution in [0.1, 0.15) is 12.7 Å². The van der Waals surface area contributed by atoms with Gasteiger partial charge in [0, 0.05) is 18.7 Å². The Kier molecular flexibility index (Phi) is 5.27. The average molecular weight is 343 g/mol. The van der Waals surface area contributed by atoms with Crippen LogP contribution in [0.25, 0.3) is 0 Å². The first-order chi connectivity index (χ1) is 10.9. The van der Waals surface area contributed by atoms with E-state index in [1.807, 2.05) is 0 Å². The van der Waals surface area contributed by atoms with Crippen LogP contribution in [0.4, 0.5) is 4.39 Å². The highest BCUT2D eigenvalue weighted by molar-refractivity contribution is 7.89. The summed E-state index contributed by atoms with van der Waals surface area (Å²) in [6.45, 7) is 1.84. The van der Waals surface area contributed by atoms with Crippen molar-refractivity contribution in [3.63, 3.8) is 0 Å². The summed E-state index contributed by atoms with van der Waals surface area (Å²) in [5.74, 6) is -0.170. The number of halogens is 1. The van der Waals surface area contributed by atoms with E-state index >= 15 is 0 Å². The molecule has 0 fully saturated rings. The molecule has 6 nitrogen and oxygen atoms in total. The Morgan fingerprint density at radius 3 is 2.39 bits per heavy atom. The molecule has 0 amide bonds. The van der Waals surface area contributed by atoms with E-state index in [2.05, 4.69) is 0 Å². The van der Waals surface area contributed by atoms with E-state index in [-0.39, 0.29) is 24.6 Å². The first-order valence-electron chi connectivity index (χ1n) is 6.88. The number of hydrogen-bond donors (Lipinski definition) is 0. The van der Waals surface area contributed by atoms with Crippen LogP contribution < -0.4 is 9.47 Å². The van der Waals surface area contributed by atoms with E-state index in [0.29, 0.717) is 5.76 Å². The normalized spacial score (nSPS) is 11.7. The van der Waals surface area contributed by atoms with Crippen LogP contribution in [-0.4, -0.2) is 33.5 Å². The third-order valence-corrected chi connectivity index (χ3v) is 5.26. The van der Waals surface area contributed by atoms with Gasteiger partial charge in [0.05, 0.1) is 27.0 Å². The predicted molar refractivity (Wildman–Crippen MR) is 81.5 cm³/mol. The molecule has 0 aliphatic heterocycles. The second-order valence-electron chi connectivity index (χ2n) is 4.65. The summed E-state index contributed by atoms with van der Waals surface area (Å²) in [7, 11) is -1.35. The molecule has 0 aliphatic rings. The number of ether oxygens (including phenoxy) is 2. The largest absolute Gasteiger partial charge is 0.493 e. The Morgan fingerprint density at radius 2 is 1.87 bits per heavy atom. The number of furan rings is 1. The molecule has 2 aromatic rings. The molecule has 0 saturated heterocycles. The highest BCUT2D eigenvalue weighted by Crippen LogP contribution is 2.33. The molecule has 1 aromatic heterocycles. The Bertz CT molecular complexity index is 758. The van der Waals surface area contributed by atoms with Gasteiger partial charge < -0.3 is 13.9 Å². The minimum Gasteiger partial charge on any atom is -0.493 e. The molecule has 1 aromatic carbocycles. The SMILES string of the molecule is CCN(Cc1ccco1)S(=O)(=O)c1cc(OC)c(OC)cc1F. The maximum Gasteiger partial charge on any atom is 0.246 e. The van der Waals surface area contributed by atoms with E-state index in [4.69, 9.17) is 13.9 Å². The van der Waals surface area contributed by atoms with E-state index in [1.165, 1.54) is 20.5 Å². The lowest BCUT2D eigenvalue weighted by Crippen LogP contribution is -2.31. The summed E-state index contributed by atoms with van der Waals surface area (Å²) in [4.78, 5) is -0.469. The van der Waals surface area contributed by atoms with Crippen molar-refractivity contribution in [3.8, 4) is 11.5 Å². The molecular weight excluding hydrogens is 325 g/mol. The van der Waals surface area contributed by atoms with Gasteiger partial charge in [-0.05, 0) is 12.1 Å². The minimum atomic E-state index is -4.05. The molecule has 23 heavy (non-hydrogen) atoms. The Hall–Kier alpha value is -2.06. The number of sulfonamides is 1. The van der Waals surface area contributed by atoms with Gasteiger partial charge in [-0.3, -0.25) is 0 Å². The van der Waals surface area contributed by atoms with Gasteiger partial charge in [-0.15, -0.1) is 0 Å². The smallest absolute Gasteiger partial charge is 0.246 e. The zero-order valence-electron chi connectivity index (χ0n) is 13.1. The van der Waals surface area contributed by atoms with Crippen LogP contribution in [0.15, 0.2) is 39.8 Å². The predicted octanol–water partition coefficient (Wildman–Crippen LogP) is 2.65. The average Bonchev–Trinajstić information content (AvgIpc) is 3.04. The van der Waals surface area contributed by atoms with Crippen LogP contribution in [0.2, 0.25) is 0 Å². The van der Waals surface area contributed by atoms with Crippen molar-refractivity contribution in [3.05, 3.63) is 42.1 Å². The van der Waals surface area contributed by atoms with Crippen LogP contribution >= 0.6 is 0 Å². The summed E-state index contributed by atoms with van der Waals surface area (Å²) in [5.41, 5.74) is 0. The molecule has 2 rings (SSSR count). The molecule has 0 spiro atoms. The summed E-state index contributed by atoms with van der Waals surface area (Å²) in [5, 5.41) is 0. The number of benzene rings is 1. The van der Waals surface area contributed by atoms with Gasteiger partial charge in [0.25, 0.3) is 0 Å². The molecule has 0 atom stereocenters. The van der Waals surface area contributed by atoms with Crippen LogP contribution in [0, 0.1) is 5.82 Å². The Morgan fingerprint density at radius 1 is 1.22 bits per heavy atom. The summed E-state index contributed by atoms with van der Waals surface area (Å²) >= 11 is 0. The second-order valence-corrected chi connectivity index (χ2v) is 6.55. The Labute approximate surface area is 134 Å². The fourth-order valence-electron chi connectivity index (χ4n) is 2.12. The fraction of sp³-hybridized carbons (Fsp3) is 0.333. The second kappa shape index (κ2) is 7.01. The topological polar surface area (TPSA) is 69.0 Å². The van der Waals surface area contributed by atoms with E-state index in [9.17, 15) is 12.8 Å². The van der Waals surface area contributed by atoms with Crippen molar-refractivity contribution in [1.82, 2.24) is 4.31 Å². The number of hydrogen-bond acceptors (Lipinski definition) is 5. The van der Waals surface area contributed by atoms with Gasteiger partial charge >= 0.3 is 0 Å². The summed E-state index contributed by atoms with van der Waals surface area (Å²) < 4.78 is 56.0. The molecule has 0 radical (unpaired) electrons. The minimum absolute atomic E-state index is 0.0135. The monoisotopic (exact) mass is 343 g/mol. The third kappa shape index (κ3) is 3.48. The van der Waals surface area contributed by atoms with Crippen LogP contribution in [0.3, 0.4) is 0 Å². The number of methoxy groups -OCH3 is 2. The van der Waals surface area contributed by atoms with Crippen molar-refractivity contribution in [2.24, 2.45) is 0 Å². The summed E-state index contributed by atoms with van der Waals surface area (Å²) in [6, 6.07) is 5.43. The van der Waals surface area contributed by atoms with E-state index < -0.39 is 20.7 Å². The lowest BCUT2D eigenvalue weighted by atomic mass is 10.3.